The van der Waals surface area contributed by atoms with Crippen LogP contribution in [0.4, 0.5) is 10.2 Å². The van der Waals surface area contributed by atoms with E-state index in [1.807, 2.05) is 10.7 Å². The minimum atomic E-state index is -0.460. The van der Waals surface area contributed by atoms with Crippen molar-refractivity contribution in [2.75, 3.05) is 5.32 Å². The highest BCUT2D eigenvalue weighted by Gasteiger charge is 2.61. The van der Waals surface area contributed by atoms with Gasteiger partial charge in [-0.3, -0.25) is 9.48 Å². The molecule has 2 heterocycles. The van der Waals surface area contributed by atoms with E-state index in [2.05, 4.69) is 36.4 Å². The number of halogens is 3. The molecule has 4 fully saturated rings. The quantitative estimate of drug-likeness (QED) is 0.500. The predicted octanol–water partition coefficient (Wildman–Crippen LogP) is 5.01. The maximum atomic E-state index is 13.7. The Morgan fingerprint density at radius 1 is 1.24 bits per heavy atom. The molecule has 10 heteroatoms. The lowest BCUT2D eigenvalue weighted by molar-refractivity contribution is -0.150. The molecule has 172 valence electrons. The first kappa shape index (κ1) is 21.3. The number of carbonyl (C=O) groups is 1. The Hall–Kier alpha value is -2.26. The number of benzene rings is 1. The van der Waals surface area contributed by atoms with E-state index >= 15 is 0 Å². The molecule has 2 unspecified atom stereocenters. The van der Waals surface area contributed by atoms with Crippen molar-refractivity contribution in [2.24, 2.45) is 17.3 Å². The Labute approximate surface area is 203 Å². The molecule has 4 bridgehead atoms. The zero-order chi connectivity index (χ0) is 22.8. The SMILES string of the molecule is O=C(Nc1nn(Cc2cccc(F)c2)cc1Cl)C12CC3CC(C1)CC(n1cnc(Br)n1)(C3)C2. The van der Waals surface area contributed by atoms with Crippen molar-refractivity contribution in [3.63, 3.8) is 0 Å². The number of anilines is 1. The molecule has 7 nitrogen and oxygen atoms in total. The van der Waals surface area contributed by atoms with Gasteiger partial charge < -0.3 is 5.32 Å². The Bertz CT molecular complexity index is 1230. The molecule has 7 rings (SSSR count). The van der Waals surface area contributed by atoms with Gasteiger partial charge in [-0.15, -0.1) is 5.10 Å². The number of hydrogen-bond donors (Lipinski definition) is 1. The Kier molecular flexibility index (Phi) is 4.92. The second-order valence-electron chi connectivity index (χ2n) is 10.0. The van der Waals surface area contributed by atoms with Crippen LogP contribution in [0.5, 0.6) is 0 Å². The van der Waals surface area contributed by atoms with Gasteiger partial charge in [0.2, 0.25) is 10.6 Å². The van der Waals surface area contributed by atoms with Crippen LogP contribution in [0.25, 0.3) is 0 Å². The third-order valence-corrected chi connectivity index (χ3v) is 8.28. The van der Waals surface area contributed by atoms with Crippen molar-refractivity contribution in [3.8, 4) is 0 Å². The maximum absolute atomic E-state index is 13.7. The molecule has 4 aliphatic rings. The lowest BCUT2D eigenvalue weighted by Gasteiger charge is -2.60. The first-order valence-electron chi connectivity index (χ1n) is 11.2. The van der Waals surface area contributed by atoms with Gasteiger partial charge in [-0.25, -0.2) is 14.1 Å². The minimum Gasteiger partial charge on any atom is -0.307 e. The fourth-order valence-electron chi connectivity index (χ4n) is 6.84. The van der Waals surface area contributed by atoms with Gasteiger partial charge in [-0.05, 0) is 84.0 Å². The number of aromatic nitrogens is 5. The van der Waals surface area contributed by atoms with E-state index in [1.54, 1.807) is 23.3 Å². The van der Waals surface area contributed by atoms with E-state index in [0.717, 1.165) is 37.7 Å². The molecule has 1 amide bonds. The summed E-state index contributed by atoms with van der Waals surface area (Å²) in [7, 11) is 0. The molecule has 4 saturated carbocycles. The van der Waals surface area contributed by atoms with Gasteiger partial charge in [0, 0.05) is 6.20 Å². The average molecular weight is 534 g/mol. The van der Waals surface area contributed by atoms with Gasteiger partial charge in [-0.1, -0.05) is 23.7 Å². The number of hydrogen-bond acceptors (Lipinski definition) is 4. The Morgan fingerprint density at radius 3 is 2.73 bits per heavy atom. The van der Waals surface area contributed by atoms with Gasteiger partial charge in [0.15, 0.2) is 5.82 Å². The number of rotatable bonds is 5. The van der Waals surface area contributed by atoms with Crippen molar-refractivity contribution in [1.29, 1.82) is 0 Å². The molecule has 1 N–H and O–H groups in total. The molecular formula is C23H23BrClFN6O. The summed E-state index contributed by atoms with van der Waals surface area (Å²) >= 11 is 9.79. The average Bonchev–Trinajstić information content (AvgIpc) is 3.33. The van der Waals surface area contributed by atoms with E-state index < -0.39 is 5.41 Å². The minimum absolute atomic E-state index is 0.0157. The van der Waals surface area contributed by atoms with Crippen LogP contribution in [0, 0.1) is 23.1 Å². The standard InChI is InChI=1S/C23H23BrClFN6O/c24-21-27-13-32(30-21)23-8-15-4-16(9-23)7-22(6-15,12-23)20(33)28-19-18(25)11-31(29-19)10-14-2-1-3-17(26)5-14/h1-3,5,11,13,15-16H,4,6-10,12H2,(H,28,29,33). The summed E-state index contributed by atoms with van der Waals surface area (Å²) in [5, 5.41) is 12.4. The third-order valence-electron chi connectivity index (χ3n) is 7.64. The van der Waals surface area contributed by atoms with Crippen molar-refractivity contribution in [1.82, 2.24) is 24.5 Å². The Balaban J connectivity index is 1.24. The van der Waals surface area contributed by atoms with Crippen LogP contribution in [-0.4, -0.2) is 30.5 Å². The highest BCUT2D eigenvalue weighted by atomic mass is 79.9. The monoisotopic (exact) mass is 532 g/mol. The summed E-state index contributed by atoms with van der Waals surface area (Å²) in [5.74, 6) is 1.04. The fraction of sp³-hybridized carbons (Fsp3) is 0.478. The summed E-state index contributed by atoms with van der Waals surface area (Å²) in [5.41, 5.74) is 0.146. The lowest BCUT2D eigenvalue weighted by atomic mass is 9.46. The molecule has 0 radical (unpaired) electrons. The smallest absolute Gasteiger partial charge is 0.231 e. The summed E-state index contributed by atoms with van der Waals surface area (Å²) in [4.78, 5) is 18.0. The fourth-order valence-corrected chi connectivity index (χ4v) is 7.30. The zero-order valence-corrected chi connectivity index (χ0v) is 20.2. The van der Waals surface area contributed by atoms with Crippen LogP contribution < -0.4 is 5.32 Å². The molecule has 0 saturated heterocycles. The Morgan fingerprint density at radius 2 is 2.03 bits per heavy atom. The number of nitrogens with zero attached hydrogens (tertiary/aromatic N) is 5. The molecule has 4 aliphatic carbocycles. The molecular weight excluding hydrogens is 511 g/mol. The van der Waals surface area contributed by atoms with Gasteiger partial charge in [0.1, 0.15) is 17.2 Å². The summed E-state index contributed by atoms with van der Waals surface area (Å²) in [6, 6.07) is 6.36. The van der Waals surface area contributed by atoms with E-state index in [0.29, 0.717) is 34.0 Å². The molecule has 33 heavy (non-hydrogen) atoms. The molecule has 3 aromatic rings. The lowest BCUT2D eigenvalue weighted by Crippen LogP contribution is -2.60. The topological polar surface area (TPSA) is 77.6 Å². The third kappa shape index (κ3) is 3.69. The van der Waals surface area contributed by atoms with Gasteiger partial charge in [-0.2, -0.15) is 5.10 Å². The molecule has 0 aliphatic heterocycles. The number of nitrogens with one attached hydrogen (secondary N) is 1. The number of carbonyl (C=O) groups excluding carboxylic acids is 1. The van der Waals surface area contributed by atoms with Crippen molar-refractivity contribution >= 4 is 39.3 Å². The molecule has 2 atom stereocenters. The van der Waals surface area contributed by atoms with Crippen molar-refractivity contribution < 1.29 is 9.18 Å². The van der Waals surface area contributed by atoms with Crippen LogP contribution in [-0.2, 0) is 16.9 Å². The van der Waals surface area contributed by atoms with E-state index in [4.69, 9.17) is 11.6 Å². The van der Waals surface area contributed by atoms with Crippen LogP contribution in [0.1, 0.15) is 44.1 Å². The summed E-state index contributed by atoms with van der Waals surface area (Å²) in [6.07, 6.45) is 9.22. The maximum Gasteiger partial charge on any atom is 0.231 e. The predicted molar refractivity (Wildman–Crippen MR) is 124 cm³/mol. The van der Waals surface area contributed by atoms with Crippen LogP contribution in [0.2, 0.25) is 5.02 Å². The van der Waals surface area contributed by atoms with Crippen LogP contribution in [0.15, 0.2) is 41.5 Å². The molecule has 2 aromatic heterocycles. The van der Waals surface area contributed by atoms with E-state index in [1.165, 1.54) is 18.6 Å². The van der Waals surface area contributed by atoms with E-state index in [9.17, 15) is 9.18 Å². The van der Waals surface area contributed by atoms with Gasteiger partial charge in [0.05, 0.1) is 17.5 Å². The van der Waals surface area contributed by atoms with Crippen LogP contribution in [0.3, 0.4) is 0 Å². The summed E-state index contributed by atoms with van der Waals surface area (Å²) in [6.45, 7) is 0.368. The van der Waals surface area contributed by atoms with Gasteiger partial charge >= 0.3 is 0 Å². The highest BCUT2D eigenvalue weighted by Crippen LogP contribution is 2.64. The first-order chi connectivity index (χ1) is 15.8. The largest absolute Gasteiger partial charge is 0.307 e. The zero-order valence-electron chi connectivity index (χ0n) is 17.8. The first-order valence-corrected chi connectivity index (χ1v) is 12.4. The summed E-state index contributed by atoms with van der Waals surface area (Å²) < 4.78 is 17.7. The van der Waals surface area contributed by atoms with E-state index in [-0.39, 0.29) is 17.3 Å². The molecule has 1 aromatic carbocycles. The van der Waals surface area contributed by atoms with Crippen LogP contribution >= 0.6 is 27.5 Å². The van der Waals surface area contributed by atoms with Crippen molar-refractivity contribution in [3.05, 3.63) is 57.9 Å². The molecule has 0 spiro atoms. The second kappa shape index (κ2) is 7.63. The number of amides is 1. The van der Waals surface area contributed by atoms with Gasteiger partial charge in [0.25, 0.3) is 0 Å². The normalized spacial score (nSPS) is 30.0. The second-order valence-corrected chi connectivity index (χ2v) is 11.1. The van der Waals surface area contributed by atoms with Crippen molar-refractivity contribution in [2.45, 2.75) is 50.6 Å². The highest BCUT2D eigenvalue weighted by molar-refractivity contribution is 9.10.